The van der Waals surface area contributed by atoms with E-state index in [9.17, 15) is 0 Å². The second kappa shape index (κ2) is 16.9. The van der Waals surface area contributed by atoms with Gasteiger partial charge in [-0.05, 0) is 29.6 Å². The van der Waals surface area contributed by atoms with Crippen molar-refractivity contribution < 1.29 is 53.4 Å². The number of hydrogen-bond acceptors (Lipinski definition) is 0. The maximum Gasteiger partial charge on any atom is 0 e. The van der Waals surface area contributed by atoms with Crippen LogP contribution in [0.1, 0.15) is 34.6 Å². The molecular formula is C13H18IIrO2-2. The van der Waals surface area contributed by atoms with Crippen LogP contribution in [0, 0.1) is 50.3 Å². The van der Waals surface area contributed by atoms with Crippen LogP contribution < -0.4 is 24.0 Å². The van der Waals surface area contributed by atoms with E-state index in [-0.39, 0.29) is 51.5 Å². The molecule has 6 radical (unpaired) electrons. The predicted molar refractivity (Wildman–Crippen MR) is 58.9 cm³/mol. The molecule has 0 atom stereocenters. The third kappa shape index (κ3) is 8.56. The molecule has 0 heterocycles. The Morgan fingerprint density at radius 1 is 0.588 bits per heavy atom. The van der Waals surface area contributed by atoms with Crippen LogP contribution in [0.3, 0.4) is 0 Å². The molecule has 0 N–H and O–H groups in total. The molecule has 0 aliphatic heterocycles. The van der Waals surface area contributed by atoms with Crippen molar-refractivity contribution in [3.63, 3.8) is 0 Å². The van der Waals surface area contributed by atoms with Crippen LogP contribution in [0.2, 0.25) is 0 Å². The first-order valence-corrected chi connectivity index (χ1v) is 4.16. The summed E-state index contributed by atoms with van der Waals surface area (Å²) in [6.45, 7) is 20.0. The quantitative estimate of drug-likeness (QED) is 0.249. The SMILES string of the molecule is C[C]1[C](C)[C](C)[C](C)[C]1C.[C-]#[O+].[C-]#[O+].[CH3-].[I-].[Ir]. The van der Waals surface area contributed by atoms with Gasteiger partial charge in [-0.15, -0.1) is 0 Å². The van der Waals surface area contributed by atoms with Crippen molar-refractivity contribution >= 4 is 0 Å². The molecule has 0 aromatic carbocycles. The van der Waals surface area contributed by atoms with Crippen LogP contribution in [-0.4, -0.2) is 0 Å². The molecule has 17 heavy (non-hydrogen) atoms. The first-order valence-electron chi connectivity index (χ1n) is 4.16. The molecule has 1 aliphatic rings. The Kier molecular flexibility index (Phi) is 30.4. The minimum absolute atomic E-state index is 0. The normalized spacial score (nSPS) is 17.0. The van der Waals surface area contributed by atoms with Crippen LogP contribution in [0.15, 0.2) is 0 Å². The molecule has 1 aliphatic carbocycles. The van der Waals surface area contributed by atoms with Crippen LogP contribution >= 0.6 is 0 Å². The number of halogens is 1. The maximum atomic E-state index is 7.50. The largest absolute Gasteiger partial charge is 1.00 e. The Balaban J connectivity index is -0.0000000625. The van der Waals surface area contributed by atoms with E-state index in [1.165, 1.54) is 29.6 Å². The zero-order chi connectivity index (χ0) is 11.9. The molecule has 4 heteroatoms. The Bertz CT molecular complexity index is 144. The van der Waals surface area contributed by atoms with E-state index in [0.29, 0.717) is 0 Å². The molecule has 1 fully saturated rings. The molecule has 0 aromatic heterocycles. The fraction of sp³-hybridized carbons (Fsp3) is 0.385. The van der Waals surface area contributed by atoms with Crippen molar-refractivity contribution in [3.8, 4) is 0 Å². The van der Waals surface area contributed by atoms with Crippen molar-refractivity contribution in [2.24, 2.45) is 0 Å². The summed E-state index contributed by atoms with van der Waals surface area (Å²) in [6.07, 6.45) is 0. The molecule has 0 spiro atoms. The van der Waals surface area contributed by atoms with Gasteiger partial charge < -0.3 is 31.4 Å². The van der Waals surface area contributed by atoms with Crippen LogP contribution in [-0.2, 0) is 29.4 Å². The monoisotopic (exact) mass is 526 g/mol. The summed E-state index contributed by atoms with van der Waals surface area (Å²) in [7, 11) is 0. The summed E-state index contributed by atoms with van der Waals surface area (Å²) >= 11 is 0. The first kappa shape index (κ1) is 30.7. The summed E-state index contributed by atoms with van der Waals surface area (Å²) in [5.74, 6) is 7.34. The Labute approximate surface area is 138 Å². The van der Waals surface area contributed by atoms with Gasteiger partial charge in [0, 0.05) is 20.1 Å². The summed E-state index contributed by atoms with van der Waals surface area (Å²) in [5.41, 5.74) is 0. The number of hydrogen-bond donors (Lipinski definition) is 0. The van der Waals surface area contributed by atoms with Gasteiger partial charge in [0.1, 0.15) is 0 Å². The standard InChI is InChI=1S/C10H15.2CO.CH3.HI.Ir/c1-6-7(2)9(4)10(5)8(6)3;2*1-2;;;/h1-5H3;;;1H3;1H;/q;;;-1;;/p-1. The summed E-state index contributed by atoms with van der Waals surface area (Å²) < 4.78 is 15.0. The minimum atomic E-state index is 0. The predicted octanol–water partition coefficient (Wildman–Crippen LogP) is 0.349. The molecule has 2 nitrogen and oxygen atoms in total. The van der Waals surface area contributed by atoms with E-state index >= 15 is 0 Å². The third-order valence-corrected chi connectivity index (χ3v) is 2.81. The molecule has 0 amide bonds. The fourth-order valence-corrected chi connectivity index (χ4v) is 1.41. The van der Waals surface area contributed by atoms with Crippen LogP contribution in [0.5, 0.6) is 0 Å². The molecule has 100 valence electrons. The molecule has 0 unspecified atom stereocenters. The molecule has 0 bridgehead atoms. The van der Waals surface area contributed by atoms with E-state index in [0.717, 1.165) is 0 Å². The first-order chi connectivity index (χ1) is 6.55. The second-order valence-corrected chi connectivity index (χ2v) is 3.12. The van der Waals surface area contributed by atoms with Crippen molar-refractivity contribution in [2.45, 2.75) is 34.6 Å². The summed E-state index contributed by atoms with van der Waals surface area (Å²) in [5, 5.41) is 0. The minimum Gasteiger partial charge on any atom is -1.00 e. The van der Waals surface area contributed by atoms with Gasteiger partial charge >= 0.3 is 22.6 Å². The van der Waals surface area contributed by atoms with Gasteiger partial charge in [0.25, 0.3) is 0 Å². The van der Waals surface area contributed by atoms with Gasteiger partial charge in [-0.2, -0.15) is 0 Å². The smallest absolute Gasteiger partial charge is 0 e. The summed E-state index contributed by atoms with van der Waals surface area (Å²) in [4.78, 5) is 0. The topological polar surface area (TPSA) is 39.8 Å². The van der Waals surface area contributed by atoms with E-state index < -0.39 is 0 Å². The van der Waals surface area contributed by atoms with Crippen LogP contribution in [0.25, 0.3) is 0 Å². The van der Waals surface area contributed by atoms with Gasteiger partial charge in [-0.25, -0.2) is 0 Å². The van der Waals surface area contributed by atoms with Crippen LogP contribution in [0.4, 0.5) is 0 Å². The van der Waals surface area contributed by atoms with Crippen molar-refractivity contribution in [1.82, 2.24) is 0 Å². The molecular weight excluding hydrogens is 507 g/mol. The molecule has 1 rings (SSSR count). The molecule has 1 saturated carbocycles. The molecule has 0 aromatic rings. The van der Waals surface area contributed by atoms with E-state index in [2.05, 4.69) is 47.9 Å². The summed E-state index contributed by atoms with van der Waals surface area (Å²) in [6, 6.07) is 0. The van der Waals surface area contributed by atoms with Gasteiger partial charge in [-0.1, -0.05) is 34.6 Å². The maximum absolute atomic E-state index is 7.50. The molecule has 0 saturated heterocycles. The van der Waals surface area contributed by atoms with Crippen molar-refractivity contribution in [2.75, 3.05) is 0 Å². The van der Waals surface area contributed by atoms with Gasteiger partial charge in [0.15, 0.2) is 0 Å². The van der Waals surface area contributed by atoms with Gasteiger partial charge in [0.2, 0.25) is 0 Å². The van der Waals surface area contributed by atoms with Crippen molar-refractivity contribution in [3.05, 3.63) is 50.3 Å². The third-order valence-electron chi connectivity index (χ3n) is 2.81. The zero-order valence-corrected chi connectivity index (χ0v) is 15.6. The Hall–Kier alpha value is 0.859. The van der Waals surface area contributed by atoms with Crippen molar-refractivity contribution in [1.29, 1.82) is 0 Å². The second-order valence-electron chi connectivity index (χ2n) is 3.12. The van der Waals surface area contributed by atoms with Gasteiger partial charge in [0.05, 0.1) is 0 Å². The Morgan fingerprint density at radius 2 is 0.647 bits per heavy atom. The van der Waals surface area contributed by atoms with Gasteiger partial charge in [-0.3, -0.25) is 0 Å². The van der Waals surface area contributed by atoms with E-state index in [1.54, 1.807) is 0 Å². The number of rotatable bonds is 0. The zero-order valence-electron chi connectivity index (χ0n) is 11.0. The van der Waals surface area contributed by atoms with E-state index in [1.807, 2.05) is 0 Å². The average molecular weight is 525 g/mol. The van der Waals surface area contributed by atoms with E-state index in [4.69, 9.17) is 9.30 Å². The average Bonchev–Trinajstić information content (AvgIpc) is 2.42. The Morgan fingerprint density at radius 3 is 0.706 bits per heavy atom. The fourth-order valence-electron chi connectivity index (χ4n) is 1.41.